The van der Waals surface area contributed by atoms with E-state index in [0.29, 0.717) is 13.3 Å². The maximum absolute atomic E-state index is 5.62. The summed E-state index contributed by atoms with van der Waals surface area (Å²) in [6.45, 7) is 3.33. The minimum absolute atomic E-state index is 0.594. The van der Waals surface area contributed by atoms with Crippen LogP contribution in [0.2, 0.25) is 0 Å². The summed E-state index contributed by atoms with van der Waals surface area (Å²) in [5.41, 5.74) is 2.45. The molecule has 0 aliphatic carbocycles. The smallest absolute Gasteiger partial charge is 0.252 e. The van der Waals surface area contributed by atoms with Crippen LogP contribution >= 0.6 is 0 Å². The zero-order valence-electron chi connectivity index (χ0n) is 9.47. The van der Waals surface area contributed by atoms with Crippen LogP contribution in [0.25, 0.3) is 0 Å². The minimum Gasteiger partial charge on any atom is -0.318 e. The molecule has 0 saturated carbocycles. The Kier molecular flexibility index (Phi) is 3.67. The first-order valence-corrected chi connectivity index (χ1v) is 5.42. The zero-order valence-corrected chi connectivity index (χ0v) is 9.47. The SMILES string of the molecule is Cc1ccc[n+](COCc2ccccc2)c1. The lowest BCUT2D eigenvalue weighted by Gasteiger charge is -2.01. The van der Waals surface area contributed by atoms with E-state index in [0.717, 1.165) is 0 Å². The predicted octanol–water partition coefficient (Wildman–Crippen LogP) is 2.46. The minimum atomic E-state index is 0.594. The molecule has 0 aliphatic heterocycles. The maximum Gasteiger partial charge on any atom is 0.252 e. The van der Waals surface area contributed by atoms with Crippen molar-refractivity contribution in [2.24, 2.45) is 0 Å². The third kappa shape index (κ3) is 3.17. The van der Waals surface area contributed by atoms with E-state index in [1.54, 1.807) is 0 Å². The summed E-state index contributed by atoms with van der Waals surface area (Å²) in [6.07, 6.45) is 4.09. The van der Waals surface area contributed by atoms with E-state index in [-0.39, 0.29) is 0 Å². The monoisotopic (exact) mass is 214 g/mol. The Labute approximate surface area is 96.1 Å². The van der Waals surface area contributed by atoms with Crippen LogP contribution in [0.5, 0.6) is 0 Å². The molecule has 0 atom stereocenters. The van der Waals surface area contributed by atoms with E-state index in [9.17, 15) is 0 Å². The molecule has 1 heterocycles. The number of hydrogen-bond donors (Lipinski definition) is 0. The van der Waals surface area contributed by atoms with Crippen LogP contribution in [0.15, 0.2) is 54.9 Å². The molecule has 0 N–H and O–H groups in total. The van der Waals surface area contributed by atoms with Crippen molar-refractivity contribution < 1.29 is 9.30 Å². The molecule has 0 fully saturated rings. The van der Waals surface area contributed by atoms with Gasteiger partial charge in [0, 0.05) is 11.6 Å². The summed E-state index contributed by atoms with van der Waals surface area (Å²) in [5, 5.41) is 0. The van der Waals surface area contributed by atoms with Gasteiger partial charge in [0.05, 0.1) is 6.61 Å². The quantitative estimate of drug-likeness (QED) is 0.712. The normalized spacial score (nSPS) is 10.3. The number of rotatable bonds is 4. The first-order valence-electron chi connectivity index (χ1n) is 5.42. The van der Waals surface area contributed by atoms with Crippen LogP contribution in [-0.4, -0.2) is 0 Å². The molecule has 0 amide bonds. The molecule has 0 unspecified atom stereocenters. The van der Waals surface area contributed by atoms with Crippen LogP contribution in [0.4, 0.5) is 0 Å². The van der Waals surface area contributed by atoms with Crippen molar-refractivity contribution >= 4 is 0 Å². The van der Waals surface area contributed by atoms with Gasteiger partial charge in [0.2, 0.25) is 0 Å². The van der Waals surface area contributed by atoms with Crippen molar-refractivity contribution in [2.75, 3.05) is 0 Å². The molecule has 2 heteroatoms. The van der Waals surface area contributed by atoms with Crippen LogP contribution in [0.3, 0.4) is 0 Å². The molecule has 1 aromatic heterocycles. The van der Waals surface area contributed by atoms with Crippen molar-refractivity contribution in [3.8, 4) is 0 Å². The van der Waals surface area contributed by atoms with Gasteiger partial charge in [0.25, 0.3) is 6.73 Å². The summed E-state index contributed by atoms with van der Waals surface area (Å²) < 4.78 is 7.66. The van der Waals surface area contributed by atoms with Gasteiger partial charge in [-0.1, -0.05) is 30.3 Å². The summed E-state index contributed by atoms with van der Waals surface area (Å²) >= 11 is 0. The lowest BCUT2D eigenvalue weighted by Crippen LogP contribution is -2.34. The molecule has 82 valence electrons. The second-order valence-corrected chi connectivity index (χ2v) is 3.86. The van der Waals surface area contributed by atoms with Crippen molar-refractivity contribution in [1.29, 1.82) is 0 Å². The van der Waals surface area contributed by atoms with Crippen molar-refractivity contribution in [3.05, 3.63) is 66.0 Å². The van der Waals surface area contributed by atoms with Crippen LogP contribution < -0.4 is 4.57 Å². The van der Waals surface area contributed by atoms with Gasteiger partial charge in [-0.3, -0.25) is 0 Å². The molecule has 0 bridgehead atoms. The average molecular weight is 214 g/mol. The Morgan fingerprint density at radius 2 is 1.88 bits per heavy atom. The molecular weight excluding hydrogens is 198 g/mol. The lowest BCUT2D eigenvalue weighted by atomic mass is 10.2. The fourth-order valence-corrected chi connectivity index (χ4v) is 1.58. The molecular formula is C14H16NO+. The number of nitrogens with zero attached hydrogens (tertiary/aromatic N) is 1. The van der Waals surface area contributed by atoms with Gasteiger partial charge in [-0.15, -0.1) is 0 Å². The molecule has 0 spiro atoms. The second kappa shape index (κ2) is 5.42. The number of hydrogen-bond acceptors (Lipinski definition) is 1. The van der Waals surface area contributed by atoms with Gasteiger partial charge in [0.1, 0.15) is 0 Å². The fourth-order valence-electron chi connectivity index (χ4n) is 1.58. The van der Waals surface area contributed by atoms with E-state index in [1.165, 1.54) is 11.1 Å². The van der Waals surface area contributed by atoms with E-state index in [1.807, 2.05) is 35.0 Å². The van der Waals surface area contributed by atoms with Gasteiger partial charge >= 0.3 is 0 Å². The van der Waals surface area contributed by atoms with Gasteiger partial charge in [0.15, 0.2) is 12.4 Å². The van der Waals surface area contributed by atoms with Gasteiger partial charge in [-0.2, -0.15) is 4.57 Å². The summed E-state index contributed by atoms with van der Waals surface area (Å²) in [5.74, 6) is 0. The van der Waals surface area contributed by atoms with E-state index < -0.39 is 0 Å². The van der Waals surface area contributed by atoms with E-state index in [2.05, 4.69) is 31.3 Å². The third-order valence-corrected chi connectivity index (χ3v) is 2.36. The molecule has 2 rings (SSSR count). The largest absolute Gasteiger partial charge is 0.318 e. The molecule has 0 saturated heterocycles. The Morgan fingerprint density at radius 1 is 1.06 bits per heavy atom. The van der Waals surface area contributed by atoms with E-state index >= 15 is 0 Å². The average Bonchev–Trinajstić information content (AvgIpc) is 2.30. The highest BCUT2D eigenvalue weighted by molar-refractivity contribution is 5.13. The van der Waals surface area contributed by atoms with Crippen LogP contribution in [0.1, 0.15) is 11.1 Å². The Balaban J connectivity index is 1.85. The first kappa shape index (κ1) is 10.8. The van der Waals surface area contributed by atoms with Crippen molar-refractivity contribution in [3.63, 3.8) is 0 Å². The Hall–Kier alpha value is -1.67. The summed E-state index contributed by atoms with van der Waals surface area (Å²) in [6, 6.07) is 14.3. The highest BCUT2D eigenvalue weighted by Gasteiger charge is 1.99. The fraction of sp³-hybridized carbons (Fsp3) is 0.214. The Morgan fingerprint density at radius 3 is 2.62 bits per heavy atom. The van der Waals surface area contributed by atoms with Crippen molar-refractivity contribution in [1.82, 2.24) is 0 Å². The number of aromatic nitrogens is 1. The maximum atomic E-state index is 5.62. The number of ether oxygens (including phenoxy) is 1. The predicted molar refractivity (Wildman–Crippen MR) is 62.6 cm³/mol. The lowest BCUT2D eigenvalue weighted by molar-refractivity contribution is -0.734. The summed E-state index contributed by atoms with van der Waals surface area (Å²) in [4.78, 5) is 0. The third-order valence-electron chi connectivity index (χ3n) is 2.36. The van der Waals surface area contributed by atoms with Gasteiger partial charge in [-0.05, 0) is 18.6 Å². The van der Waals surface area contributed by atoms with Crippen molar-refractivity contribution in [2.45, 2.75) is 20.3 Å². The molecule has 1 aromatic carbocycles. The number of pyridine rings is 1. The molecule has 0 aliphatic rings. The van der Waals surface area contributed by atoms with Crippen LogP contribution in [-0.2, 0) is 18.1 Å². The highest BCUT2D eigenvalue weighted by Crippen LogP contribution is 2.00. The topological polar surface area (TPSA) is 13.1 Å². The molecule has 0 radical (unpaired) electrons. The molecule has 2 aromatic rings. The second-order valence-electron chi connectivity index (χ2n) is 3.86. The summed E-state index contributed by atoms with van der Waals surface area (Å²) in [7, 11) is 0. The standard InChI is InChI=1S/C14H16NO/c1-13-6-5-9-15(10-13)12-16-11-14-7-3-2-4-8-14/h2-10H,11-12H2,1H3/q+1. The first-order chi connectivity index (χ1) is 7.84. The van der Waals surface area contributed by atoms with Crippen LogP contribution in [0, 0.1) is 6.92 Å². The van der Waals surface area contributed by atoms with E-state index in [4.69, 9.17) is 4.74 Å². The highest BCUT2D eigenvalue weighted by atomic mass is 16.5. The molecule has 16 heavy (non-hydrogen) atoms. The Bertz CT molecular complexity index is 439. The number of benzene rings is 1. The number of aryl methyl sites for hydroxylation is 1. The van der Waals surface area contributed by atoms with Gasteiger partial charge in [-0.25, -0.2) is 0 Å². The van der Waals surface area contributed by atoms with Gasteiger partial charge < -0.3 is 4.74 Å². The zero-order chi connectivity index (χ0) is 11.2. The molecule has 2 nitrogen and oxygen atoms in total.